The number of ketones is 1. The van der Waals surface area contributed by atoms with Crippen LogP contribution in [0.5, 0.6) is 0 Å². The number of aliphatic hydroxyl groups excluding tert-OH is 1. The summed E-state index contributed by atoms with van der Waals surface area (Å²) in [4.78, 5) is 16.7. The first kappa shape index (κ1) is 56.8. The fraction of sp³-hybridized carbons (Fsp3) is 0.477. The molecule has 0 unspecified atom stereocenters. The van der Waals surface area contributed by atoms with Crippen LogP contribution in [0.3, 0.4) is 0 Å². The Balaban J connectivity index is 0.000000494. The molecule has 0 saturated carbocycles. The molecular weight excluding hydrogens is 1050 g/mol. The molecule has 0 spiro atoms. The van der Waals surface area contributed by atoms with E-state index in [4.69, 9.17) is 4.98 Å². The standard InChI is InChI=1S/C52H62NSi.C13H24O2.Ir/c1-7-9-11-13-15-19-30-52(31-20-16-14-12-10-8-2)49-22-18-17-21-46(49)47-26-23-39(37-50(47)52)41-33-38(3)34-42(35-41)51-48-27-24-40-36-43(54(4,5)6)25-28-44(40)45(48)29-32-53-51;1-5-10(6-2)12(14)9-13(15)11(7-3)8-4;/h17-18,21-29,32-33,35-37H,7-16,19-20,30-31H2,1-6H3;9-11,14H,5-8H2,1-4H3;/q-1;;/b;12-9-;. The fourth-order valence-corrected chi connectivity index (χ4v) is 12.4. The number of nitrogens with zero attached hydrogens (tertiary/aromatic N) is 1. The van der Waals surface area contributed by atoms with E-state index in [1.165, 1.54) is 145 Å². The summed E-state index contributed by atoms with van der Waals surface area (Å²) >= 11 is 0. The first-order chi connectivity index (χ1) is 33.3. The first-order valence-corrected chi connectivity index (χ1v) is 30.9. The molecule has 3 nitrogen and oxygen atoms in total. The Morgan fingerprint density at radius 1 is 0.629 bits per heavy atom. The average Bonchev–Trinajstić information content (AvgIpc) is 3.62. The van der Waals surface area contributed by atoms with Crippen LogP contribution in [0.2, 0.25) is 19.6 Å². The number of allylic oxidation sites excluding steroid dienone is 2. The molecule has 1 aromatic heterocycles. The summed E-state index contributed by atoms with van der Waals surface area (Å²) in [6.07, 6.45) is 25.4. The van der Waals surface area contributed by atoms with Gasteiger partial charge in [0.25, 0.3) is 0 Å². The van der Waals surface area contributed by atoms with Gasteiger partial charge in [-0.3, -0.25) is 4.79 Å². The monoisotopic (exact) mass is 1130 g/mol. The molecular formula is C65H86IrNO2Si-. The van der Waals surface area contributed by atoms with E-state index in [-0.39, 0.29) is 48.9 Å². The molecule has 1 heterocycles. The predicted octanol–water partition coefficient (Wildman–Crippen LogP) is 19.0. The molecule has 1 aliphatic carbocycles. The first-order valence-electron chi connectivity index (χ1n) is 27.4. The van der Waals surface area contributed by atoms with E-state index < -0.39 is 8.07 Å². The zero-order valence-corrected chi connectivity index (χ0v) is 48.2. The van der Waals surface area contributed by atoms with Crippen LogP contribution >= 0.6 is 0 Å². The largest absolute Gasteiger partial charge is 0.512 e. The Morgan fingerprint density at radius 2 is 1.23 bits per heavy atom. The van der Waals surface area contributed by atoms with E-state index in [0.29, 0.717) is 0 Å². The third-order valence-corrected chi connectivity index (χ3v) is 17.5. The number of aryl methyl sites for hydroxylation is 1. The number of hydrogen-bond donors (Lipinski definition) is 1. The number of rotatable bonds is 24. The van der Waals surface area contributed by atoms with Crippen molar-refractivity contribution in [1.29, 1.82) is 0 Å². The maximum Gasteiger partial charge on any atom is 0.162 e. The molecule has 0 saturated heterocycles. The van der Waals surface area contributed by atoms with Crippen LogP contribution in [-0.2, 0) is 30.3 Å². The van der Waals surface area contributed by atoms with Gasteiger partial charge in [0.1, 0.15) is 0 Å². The molecule has 0 amide bonds. The normalized spacial score (nSPS) is 13.1. The van der Waals surface area contributed by atoms with Gasteiger partial charge in [-0.15, -0.1) is 34.9 Å². The summed E-state index contributed by atoms with van der Waals surface area (Å²) in [5.74, 6) is 0.547. The van der Waals surface area contributed by atoms with E-state index in [1.807, 2.05) is 33.9 Å². The third-order valence-electron chi connectivity index (χ3n) is 15.5. The van der Waals surface area contributed by atoms with Crippen molar-refractivity contribution >= 4 is 40.6 Å². The van der Waals surface area contributed by atoms with Crippen LogP contribution in [0.4, 0.5) is 0 Å². The molecule has 70 heavy (non-hydrogen) atoms. The summed E-state index contributed by atoms with van der Waals surface area (Å²) in [6, 6.07) is 39.1. The molecule has 1 radical (unpaired) electrons. The van der Waals surface area contributed by atoms with Gasteiger partial charge in [-0.2, -0.15) is 0 Å². The number of carbonyl (C=O) groups is 1. The van der Waals surface area contributed by atoms with Crippen molar-refractivity contribution in [3.05, 3.63) is 132 Å². The maximum atomic E-state index is 11.7. The number of aromatic nitrogens is 1. The Kier molecular flexibility index (Phi) is 21.9. The SMILES string of the molecule is CCC(CC)C(=O)/C=C(\O)C(CC)CC.CCCCCCCCC1(CCCCCCCC)c2ccccc2-c2ccc(-c3cc(C)[c-]c(-c4nccc5c4ccc4cc([Si](C)(C)C)ccc45)c3)cc21.[Ir]. The fourth-order valence-electron chi connectivity index (χ4n) is 11.2. The molecule has 1 aliphatic rings. The molecule has 0 bridgehead atoms. The number of carbonyl (C=O) groups excluding carboxylic acids is 1. The summed E-state index contributed by atoms with van der Waals surface area (Å²) in [5, 5.41) is 16.3. The molecule has 6 aromatic rings. The Labute approximate surface area is 439 Å². The van der Waals surface area contributed by atoms with E-state index >= 15 is 0 Å². The van der Waals surface area contributed by atoms with E-state index in [0.717, 1.165) is 42.5 Å². The van der Waals surface area contributed by atoms with Gasteiger partial charge in [-0.05, 0) is 99.6 Å². The van der Waals surface area contributed by atoms with Crippen LogP contribution in [0.15, 0.2) is 109 Å². The molecule has 0 atom stereocenters. The van der Waals surface area contributed by atoms with Gasteiger partial charge in [0.2, 0.25) is 0 Å². The zero-order valence-electron chi connectivity index (χ0n) is 44.8. The van der Waals surface area contributed by atoms with Crippen LogP contribution in [0.1, 0.15) is 174 Å². The minimum Gasteiger partial charge on any atom is -0.512 e. The summed E-state index contributed by atoms with van der Waals surface area (Å²) in [7, 11) is -1.41. The van der Waals surface area contributed by atoms with Gasteiger partial charge in [0, 0.05) is 49.6 Å². The molecule has 0 fully saturated rings. The van der Waals surface area contributed by atoms with Crippen molar-refractivity contribution < 1.29 is 30.0 Å². The van der Waals surface area contributed by atoms with Crippen molar-refractivity contribution in [1.82, 2.24) is 4.98 Å². The van der Waals surface area contributed by atoms with Crippen molar-refractivity contribution in [2.75, 3.05) is 0 Å². The number of benzene rings is 5. The maximum absolute atomic E-state index is 11.7. The number of hydrogen-bond acceptors (Lipinski definition) is 3. The second kappa shape index (κ2) is 27.1. The number of fused-ring (bicyclic) bond motifs is 6. The number of unbranched alkanes of at least 4 members (excludes halogenated alkanes) is 10. The Hall–Kier alpha value is -4.15. The summed E-state index contributed by atoms with van der Waals surface area (Å²) < 4.78 is 0. The van der Waals surface area contributed by atoms with E-state index in [1.54, 1.807) is 11.1 Å². The topological polar surface area (TPSA) is 50.2 Å². The van der Waals surface area contributed by atoms with E-state index in [9.17, 15) is 9.90 Å². The average molecular weight is 1130 g/mol. The minimum absolute atomic E-state index is 0. The Morgan fingerprint density at radius 3 is 1.86 bits per heavy atom. The van der Waals surface area contributed by atoms with Crippen LogP contribution in [-0.4, -0.2) is 23.9 Å². The van der Waals surface area contributed by atoms with Gasteiger partial charge in [0.15, 0.2) is 5.78 Å². The van der Waals surface area contributed by atoms with Gasteiger partial charge < -0.3 is 10.1 Å². The second-order valence-corrected chi connectivity index (χ2v) is 26.5. The van der Waals surface area contributed by atoms with Gasteiger partial charge >= 0.3 is 0 Å². The van der Waals surface area contributed by atoms with Gasteiger partial charge in [0.05, 0.1) is 13.8 Å². The van der Waals surface area contributed by atoms with Crippen molar-refractivity contribution in [2.45, 2.75) is 189 Å². The predicted molar refractivity (Wildman–Crippen MR) is 303 cm³/mol. The molecule has 5 aromatic carbocycles. The number of pyridine rings is 1. The molecule has 5 heteroatoms. The van der Waals surface area contributed by atoms with Crippen LogP contribution in [0, 0.1) is 24.8 Å². The van der Waals surface area contributed by atoms with E-state index in [2.05, 4.69) is 137 Å². The minimum atomic E-state index is -1.41. The summed E-state index contributed by atoms with van der Waals surface area (Å²) in [5.41, 5.74) is 11.9. The molecule has 0 aliphatic heterocycles. The van der Waals surface area contributed by atoms with Crippen LogP contribution < -0.4 is 5.19 Å². The van der Waals surface area contributed by atoms with Gasteiger partial charge in [-0.1, -0.05) is 223 Å². The quantitative estimate of drug-likeness (QED) is 0.0164. The Bertz CT molecular complexity index is 2630. The van der Waals surface area contributed by atoms with Crippen molar-refractivity contribution in [3.63, 3.8) is 0 Å². The number of aliphatic hydroxyl groups is 1. The van der Waals surface area contributed by atoms with Crippen LogP contribution in [0.25, 0.3) is 55.1 Å². The third kappa shape index (κ3) is 13.7. The van der Waals surface area contributed by atoms with Crippen molar-refractivity contribution in [3.8, 4) is 33.5 Å². The zero-order chi connectivity index (χ0) is 49.6. The summed E-state index contributed by atoms with van der Waals surface area (Å²) in [6.45, 7) is 22.2. The second-order valence-electron chi connectivity index (χ2n) is 21.4. The molecule has 1 N–H and O–H groups in total. The van der Waals surface area contributed by atoms with Crippen molar-refractivity contribution in [2.24, 2.45) is 11.8 Å². The molecule has 7 rings (SSSR count). The van der Waals surface area contributed by atoms with Gasteiger partial charge in [-0.25, -0.2) is 0 Å². The molecule has 377 valence electrons. The smallest absolute Gasteiger partial charge is 0.162 e.